The molecule has 4 heteroatoms. The Morgan fingerprint density at radius 1 is 1.21 bits per heavy atom. The molecule has 0 amide bonds. The topological polar surface area (TPSA) is 52.6 Å². The van der Waals surface area contributed by atoms with E-state index in [2.05, 4.69) is 0 Å². The van der Waals surface area contributed by atoms with E-state index < -0.39 is 0 Å². The quantitative estimate of drug-likeness (QED) is 0.391. The molecule has 0 radical (unpaired) electrons. The van der Waals surface area contributed by atoms with Gasteiger partial charge in [0.2, 0.25) is 0 Å². The first-order valence-electron chi connectivity index (χ1n) is 6.60. The SMILES string of the molecule is CCOC(=O)CCCCCOc1ccccc1C=O. The Labute approximate surface area is 113 Å². The smallest absolute Gasteiger partial charge is 0.305 e. The van der Waals surface area contributed by atoms with Crippen molar-refractivity contribution in [2.45, 2.75) is 32.6 Å². The van der Waals surface area contributed by atoms with E-state index in [9.17, 15) is 9.59 Å². The van der Waals surface area contributed by atoms with E-state index in [-0.39, 0.29) is 5.97 Å². The van der Waals surface area contributed by atoms with Crippen LogP contribution < -0.4 is 4.74 Å². The summed E-state index contributed by atoms with van der Waals surface area (Å²) >= 11 is 0. The standard InChI is InChI=1S/C15H20O4/c1-2-18-15(17)10-4-3-7-11-19-14-9-6-5-8-13(14)12-16/h5-6,8-9,12H,2-4,7,10-11H2,1H3. The van der Waals surface area contributed by atoms with Gasteiger partial charge in [-0.3, -0.25) is 9.59 Å². The molecule has 0 spiro atoms. The highest BCUT2D eigenvalue weighted by Crippen LogP contribution is 2.16. The van der Waals surface area contributed by atoms with Crippen LogP contribution in [0.4, 0.5) is 0 Å². The number of hydrogen-bond acceptors (Lipinski definition) is 4. The Bertz CT molecular complexity index is 401. The van der Waals surface area contributed by atoms with Crippen molar-refractivity contribution in [2.24, 2.45) is 0 Å². The second-order valence-electron chi connectivity index (χ2n) is 4.12. The molecule has 1 aromatic rings. The van der Waals surface area contributed by atoms with Crippen LogP contribution in [0.1, 0.15) is 43.0 Å². The third-order valence-corrected chi connectivity index (χ3v) is 2.63. The lowest BCUT2D eigenvalue weighted by Gasteiger charge is -2.07. The zero-order valence-corrected chi connectivity index (χ0v) is 11.3. The second-order valence-corrected chi connectivity index (χ2v) is 4.12. The predicted octanol–water partition coefficient (Wildman–Crippen LogP) is 3.00. The highest BCUT2D eigenvalue weighted by Gasteiger charge is 2.02. The summed E-state index contributed by atoms with van der Waals surface area (Å²) in [6, 6.07) is 7.14. The number of unbranched alkanes of at least 4 members (excludes halogenated alkanes) is 2. The van der Waals surface area contributed by atoms with Crippen LogP contribution in [-0.4, -0.2) is 25.5 Å². The maximum absolute atomic E-state index is 11.1. The molecule has 1 aromatic carbocycles. The van der Waals surface area contributed by atoms with Crippen molar-refractivity contribution in [3.8, 4) is 5.75 Å². The molecule has 4 nitrogen and oxygen atoms in total. The van der Waals surface area contributed by atoms with Gasteiger partial charge in [-0.05, 0) is 38.3 Å². The zero-order valence-electron chi connectivity index (χ0n) is 11.3. The van der Waals surface area contributed by atoms with Gasteiger partial charge >= 0.3 is 5.97 Å². The molecule has 0 bridgehead atoms. The number of carbonyl (C=O) groups excluding carboxylic acids is 2. The van der Waals surface area contributed by atoms with Gasteiger partial charge in [0.15, 0.2) is 6.29 Å². The van der Waals surface area contributed by atoms with Crippen molar-refractivity contribution >= 4 is 12.3 Å². The molecule has 0 heterocycles. The van der Waals surface area contributed by atoms with E-state index in [1.165, 1.54) is 0 Å². The summed E-state index contributed by atoms with van der Waals surface area (Å²) in [4.78, 5) is 21.9. The highest BCUT2D eigenvalue weighted by atomic mass is 16.5. The molecule has 0 fully saturated rings. The number of ether oxygens (including phenoxy) is 2. The Balaban J connectivity index is 2.14. The van der Waals surface area contributed by atoms with E-state index >= 15 is 0 Å². The molecule has 0 aliphatic heterocycles. The van der Waals surface area contributed by atoms with Crippen molar-refractivity contribution in [2.75, 3.05) is 13.2 Å². The zero-order chi connectivity index (χ0) is 13.9. The van der Waals surface area contributed by atoms with Crippen LogP contribution in [0, 0.1) is 0 Å². The summed E-state index contributed by atoms with van der Waals surface area (Å²) in [6.07, 6.45) is 3.81. The molecule has 0 aromatic heterocycles. The number of carbonyl (C=O) groups is 2. The van der Waals surface area contributed by atoms with Gasteiger partial charge in [-0.15, -0.1) is 0 Å². The van der Waals surface area contributed by atoms with Crippen LogP contribution in [0.2, 0.25) is 0 Å². The van der Waals surface area contributed by atoms with Gasteiger partial charge in [-0.25, -0.2) is 0 Å². The van der Waals surface area contributed by atoms with Gasteiger partial charge in [-0.1, -0.05) is 12.1 Å². The summed E-state index contributed by atoms with van der Waals surface area (Å²) in [5, 5.41) is 0. The number of para-hydroxylation sites is 1. The Morgan fingerprint density at radius 2 is 2.00 bits per heavy atom. The number of aldehydes is 1. The maximum Gasteiger partial charge on any atom is 0.305 e. The summed E-state index contributed by atoms with van der Waals surface area (Å²) in [5.41, 5.74) is 0.564. The first-order chi connectivity index (χ1) is 9.27. The Hall–Kier alpha value is -1.84. The van der Waals surface area contributed by atoms with Crippen LogP contribution in [0.3, 0.4) is 0 Å². The summed E-state index contributed by atoms with van der Waals surface area (Å²) in [5.74, 6) is 0.470. The van der Waals surface area contributed by atoms with Crippen molar-refractivity contribution < 1.29 is 19.1 Å². The van der Waals surface area contributed by atoms with E-state index in [0.717, 1.165) is 25.5 Å². The van der Waals surface area contributed by atoms with Gasteiger partial charge < -0.3 is 9.47 Å². The van der Waals surface area contributed by atoms with Gasteiger partial charge in [0, 0.05) is 6.42 Å². The molecule has 0 aliphatic carbocycles. The van der Waals surface area contributed by atoms with Crippen LogP contribution in [-0.2, 0) is 9.53 Å². The van der Waals surface area contributed by atoms with Crippen LogP contribution >= 0.6 is 0 Å². The molecule has 19 heavy (non-hydrogen) atoms. The second kappa shape index (κ2) is 9.14. The molecular formula is C15H20O4. The normalized spacial score (nSPS) is 9.95. The lowest BCUT2D eigenvalue weighted by atomic mass is 10.2. The maximum atomic E-state index is 11.1. The summed E-state index contributed by atoms with van der Waals surface area (Å²) in [7, 11) is 0. The fraction of sp³-hybridized carbons (Fsp3) is 0.467. The molecule has 1 rings (SSSR count). The molecular weight excluding hydrogens is 244 g/mol. The van der Waals surface area contributed by atoms with Crippen molar-refractivity contribution in [3.05, 3.63) is 29.8 Å². The third-order valence-electron chi connectivity index (χ3n) is 2.63. The number of benzene rings is 1. The molecule has 0 saturated heterocycles. The summed E-state index contributed by atoms with van der Waals surface area (Å²) in [6.45, 7) is 2.79. The van der Waals surface area contributed by atoms with Gasteiger partial charge in [0.25, 0.3) is 0 Å². The monoisotopic (exact) mass is 264 g/mol. The van der Waals surface area contributed by atoms with Crippen molar-refractivity contribution in [1.29, 1.82) is 0 Å². The first-order valence-corrected chi connectivity index (χ1v) is 6.60. The average molecular weight is 264 g/mol. The molecule has 104 valence electrons. The predicted molar refractivity (Wildman–Crippen MR) is 72.4 cm³/mol. The van der Waals surface area contributed by atoms with Gasteiger partial charge in [0.1, 0.15) is 5.75 Å². The minimum atomic E-state index is -0.144. The number of hydrogen-bond donors (Lipinski definition) is 0. The fourth-order valence-corrected chi connectivity index (χ4v) is 1.67. The minimum Gasteiger partial charge on any atom is -0.493 e. The van der Waals surface area contributed by atoms with E-state index in [4.69, 9.17) is 9.47 Å². The van der Waals surface area contributed by atoms with E-state index in [1.54, 1.807) is 25.1 Å². The average Bonchev–Trinajstić information content (AvgIpc) is 2.43. The van der Waals surface area contributed by atoms with Gasteiger partial charge in [-0.2, -0.15) is 0 Å². The Morgan fingerprint density at radius 3 is 2.74 bits per heavy atom. The molecule has 0 saturated carbocycles. The van der Waals surface area contributed by atoms with Crippen LogP contribution in [0.25, 0.3) is 0 Å². The minimum absolute atomic E-state index is 0.144. The number of esters is 1. The molecule has 0 unspecified atom stereocenters. The van der Waals surface area contributed by atoms with Crippen LogP contribution in [0.5, 0.6) is 5.75 Å². The van der Waals surface area contributed by atoms with E-state index in [0.29, 0.717) is 30.9 Å². The molecule has 0 aliphatic rings. The van der Waals surface area contributed by atoms with E-state index in [1.807, 2.05) is 6.07 Å². The lowest BCUT2D eigenvalue weighted by molar-refractivity contribution is -0.143. The summed E-state index contributed by atoms with van der Waals surface area (Å²) < 4.78 is 10.4. The number of rotatable bonds is 9. The van der Waals surface area contributed by atoms with Crippen molar-refractivity contribution in [1.82, 2.24) is 0 Å². The largest absolute Gasteiger partial charge is 0.493 e. The Kier molecular flexibility index (Phi) is 7.32. The molecule has 0 N–H and O–H groups in total. The van der Waals surface area contributed by atoms with Crippen molar-refractivity contribution in [3.63, 3.8) is 0 Å². The first kappa shape index (κ1) is 15.2. The van der Waals surface area contributed by atoms with Gasteiger partial charge in [0.05, 0.1) is 18.8 Å². The fourth-order valence-electron chi connectivity index (χ4n) is 1.67. The van der Waals surface area contributed by atoms with Crippen LogP contribution in [0.15, 0.2) is 24.3 Å². The third kappa shape index (κ3) is 6.04. The molecule has 0 atom stereocenters. The highest BCUT2D eigenvalue weighted by molar-refractivity contribution is 5.79. The lowest BCUT2D eigenvalue weighted by Crippen LogP contribution is -2.04.